The van der Waals surface area contributed by atoms with Crippen molar-refractivity contribution in [2.75, 3.05) is 13.1 Å². The number of amides is 2. The van der Waals surface area contributed by atoms with Gasteiger partial charge in [0.1, 0.15) is 0 Å². The average Bonchev–Trinajstić information content (AvgIpc) is 2.81. The van der Waals surface area contributed by atoms with Gasteiger partial charge in [-0.05, 0) is 42.9 Å². The third-order valence-corrected chi connectivity index (χ3v) is 4.40. The smallest absolute Gasteiger partial charge is 0.246 e. The highest BCUT2D eigenvalue weighted by Crippen LogP contribution is 2.19. The molecule has 0 aliphatic carbocycles. The minimum absolute atomic E-state index is 0.0428. The molecule has 2 heterocycles. The first-order valence-corrected chi connectivity index (χ1v) is 7.26. The van der Waals surface area contributed by atoms with E-state index in [1.165, 1.54) is 5.56 Å². The van der Waals surface area contributed by atoms with Gasteiger partial charge in [0.15, 0.2) is 0 Å². The van der Waals surface area contributed by atoms with Crippen molar-refractivity contribution in [1.82, 2.24) is 4.90 Å². The molecule has 1 saturated heterocycles. The second-order valence-corrected chi connectivity index (χ2v) is 5.77. The molecule has 1 unspecified atom stereocenters. The van der Waals surface area contributed by atoms with Gasteiger partial charge in [0, 0.05) is 24.0 Å². The summed E-state index contributed by atoms with van der Waals surface area (Å²) in [5.74, 6) is -0.552. The molecule has 1 aromatic rings. The Labute approximate surface area is 116 Å². The first-order chi connectivity index (χ1) is 9.08. The molecule has 1 aliphatic rings. The van der Waals surface area contributed by atoms with E-state index in [0.717, 1.165) is 17.7 Å². The molecule has 2 rings (SSSR count). The van der Waals surface area contributed by atoms with Gasteiger partial charge in [-0.25, -0.2) is 0 Å². The van der Waals surface area contributed by atoms with Crippen LogP contribution in [0, 0.1) is 12.8 Å². The molecule has 19 heavy (non-hydrogen) atoms. The number of carbonyl (C=O) groups is 2. The summed E-state index contributed by atoms with van der Waals surface area (Å²) >= 11 is 1.61. The highest BCUT2D eigenvalue weighted by atomic mass is 32.1. The lowest BCUT2D eigenvalue weighted by atomic mass is 9.97. The second kappa shape index (κ2) is 6.02. The number of nitrogens with two attached hydrogens (primary N) is 1. The summed E-state index contributed by atoms with van der Waals surface area (Å²) in [4.78, 5) is 26.0. The molecule has 1 atom stereocenters. The Morgan fingerprint density at radius 1 is 1.53 bits per heavy atom. The number of aryl methyl sites for hydroxylation is 1. The number of likely N-dealkylation sites (tertiary alicyclic amines) is 1. The largest absolute Gasteiger partial charge is 0.369 e. The number of thiophene rings is 1. The Balaban J connectivity index is 1.98. The Hall–Kier alpha value is -1.62. The van der Waals surface area contributed by atoms with Gasteiger partial charge in [-0.15, -0.1) is 11.3 Å². The number of carbonyl (C=O) groups excluding carboxylic acids is 2. The molecule has 2 N–H and O–H groups in total. The number of nitrogens with zero attached hydrogens (tertiary/aromatic N) is 1. The van der Waals surface area contributed by atoms with Crippen molar-refractivity contribution < 1.29 is 9.59 Å². The number of hydrogen-bond acceptors (Lipinski definition) is 3. The lowest BCUT2D eigenvalue weighted by molar-refractivity contribution is -0.130. The summed E-state index contributed by atoms with van der Waals surface area (Å²) in [7, 11) is 0. The predicted octanol–water partition coefficient (Wildman–Crippen LogP) is 1.79. The molecular formula is C14H18N2O2S. The van der Waals surface area contributed by atoms with Crippen LogP contribution in [-0.4, -0.2) is 29.8 Å². The van der Waals surface area contributed by atoms with E-state index in [9.17, 15) is 9.59 Å². The topological polar surface area (TPSA) is 63.4 Å². The van der Waals surface area contributed by atoms with Gasteiger partial charge in [-0.2, -0.15) is 0 Å². The summed E-state index contributed by atoms with van der Waals surface area (Å²) in [6, 6.07) is 2.03. The SMILES string of the molecule is Cc1ccsc1C=CC(=O)N1CCCC(C(N)=O)C1. The molecule has 0 spiro atoms. The van der Waals surface area contributed by atoms with E-state index >= 15 is 0 Å². The lowest BCUT2D eigenvalue weighted by Crippen LogP contribution is -2.43. The molecule has 0 radical (unpaired) electrons. The Morgan fingerprint density at radius 3 is 2.95 bits per heavy atom. The van der Waals surface area contributed by atoms with Crippen LogP contribution in [0.2, 0.25) is 0 Å². The monoisotopic (exact) mass is 278 g/mol. The van der Waals surface area contributed by atoms with Crippen molar-refractivity contribution >= 4 is 29.2 Å². The third-order valence-electron chi connectivity index (χ3n) is 3.41. The molecule has 102 valence electrons. The van der Waals surface area contributed by atoms with Crippen molar-refractivity contribution in [3.05, 3.63) is 28.0 Å². The zero-order valence-corrected chi connectivity index (χ0v) is 11.8. The fraction of sp³-hybridized carbons (Fsp3) is 0.429. The minimum atomic E-state index is -0.310. The normalized spacial score (nSPS) is 19.8. The fourth-order valence-corrected chi connectivity index (χ4v) is 3.04. The Kier molecular flexibility index (Phi) is 4.37. The highest BCUT2D eigenvalue weighted by Gasteiger charge is 2.25. The third kappa shape index (κ3) is 3.44. The van der Waals surface area contributed by atoms with E-state index in [4.69, 9.17) is 5.73 Å². The fourth-order valence-electron chi connectivity index (χ4n) is 2.22. The van der Waals surface area contributed by atoms with Crippen molar-refractivity contribution in [2.24, 2.45) is 11.7 Å². The van der Waals surface area contributed by atoms with Crippen LogP contribution < -0.4 is 5.73 Å². The zero-order valence-electron chi connectivity index (χ0n) is 11.0. The van der Waals surface area contributed by atoms with Crippen LogP contribution in [0.15, 0.2) is 17.5 Å². The quantitative estimate of drug-likeness (QED) is 0.857. The number of hydrogen-bond donors (Lipinski definition) is 1. The van der Waals surface area contributed by atoms with Gasteiger partial charge in [0.25, 0.3) is 0 Å². The van der Waals surface area contributed by atoms with Gasteiger partial charge in [-0.1, -0.05) is 0 Å². The molecule has 0 bridgehead atoms. The Bertz CT molecular complexity index is 507. The summed E-state index contributed by atoms with van der Waals surface area (Å²) in [5, 5.41) is 2.00. The van der Waals surface area contributed by atoms with Crippen molar-refractivity contribution in [3.8, 4) is 0 Å². The maximum absolute atomic E-state index is 12.1. The second-order valence-electron chi connectivity index (χ2n) is 4.83. The van der Waals surface area contributed by atoms with E-state index < -0.39 is 0 Å². The van der Waals surface area contributed by atoms with Gasteiger partial charge in [-0.3, -0.25) is 9.59 Å². The minimum Gasteiger partial charge on any atom is -0.369 e. The first-order valence-electron chi connectivity index (χ1n) is 6.38. The van der Waals surface area contributed by atoms with Crippen LogP contribution in [0.4, 0.5) is 0 Å². The molecule has 1 fully saturated rings. The highest BCUT2D eigenvalue weighted by molar-refractivity contribution is 7.11. The van der Waals surface area contributed by atoms with E-state index in [1.54, 1.807) is 22.3 Å². The molecule has 5 heteroatoms. The standard InChI is InChI=1S/C14H18N2O2S/c1-10-6-8-19-12(10)4-5-13(17)16-7-2-3-11(9-16)14(15)18/h4-6,8,11H,2-3,7,9H2,1H3,(H2,15,18). The maximum atomic E-state index is 12.1. The Morgan fingerprint density at radius 2 is 2.32 bits per heavy atom. The molecule has 0 aromatic carbocycles. The van der Waals surface area contributed by atoms with Gasteiger partial charge < -0.3 is 10.6 Å². The summed E-state index contributed by atoms with van der Waals surface area (Å²) in [6.45, 7) is 3.17. The van der Waals surface area contributed by atoms with Gasteiger partial charge in [0.05, 0.1) is 5.92 Å². The molecule has 0 saturated carbocycles. The van der Waals surface area contributed by atoms with Crippen LogP contribution in [0.5, 0.6) is 0 Å². The zero-order chi connectivity index (χ0) is 13.8. The molecule has 4 nitrogen and oxygen atoms in total. The average molecular weight is 278 g/mol. The van der Waals surface area contributed by atoms with Crippen LogP contribution in [0.3, 0.4) is 0 Å². The van der Waals surface area contributed by atoms with Gasteiger partial charge in [0.2, 0.25) is 11.8 Å². The predicted molar refractivity (Wildman–Crippen MR) is 76.6 cm³/mol. The van der Waals surface area contributed by atoms with E-state index in [1.807, 2.05) is 24.4 Å². The van der Waals surface area contributed by atoms with Crippen LogP contribution in [0.25, 0.3) is 6.08 Å². The van der Waals surface area contributed by atoms with Crippen molar-refractivity contribution in [1.29, 1.82) is 0 Å². The van der Waals surface area contributed by atoms with E-state index in [2.05, 4.69) is 0 Å². The van der Waals surface area contributed by atoms with E-state index in [-0.39, 0.29) is 17.7 Å². The summed E-state index contributed by atoms with van der Waals surface area (Å²) in [6.07, 6.45) is 5.05. The number of primary amides is 1. The maximum Gasteiger partial charge on any atom is 0.246 e. The first kappa shape index (κ1) is 13.8. The number of piperidine rings is 1. The van der Waals surface area contributed by atoms with Crippen LogP contribution in [0.1, 0.15) is 23.3 Å². The van der Waals surface area contributed by atoms with E-state index in [0.29, 0.717) is 13.1 Å². The molecule has 1 aromatic heterocycles. The molecule has 2 amide bonds. The lowest BCUT2D eigenvalue weighted by Gasteiger charge is -2.30. The van der Waals surface area contributed by atoms with Crippen LogP contribution >= 0.6 is 11.3 Å². The van der Waals surface area contributed by atoms with Crippen molar-refractivity contribution in [3.63, 3.8) is 0 Å². The van der Waals surface area contributed by atoms with Crippen LogP contribution in [-0.2, 0) is 9.59 Å². The summed E-state index contributed by atoms with van der Waals surface area (Å²) < 4.78 is 0. The van der Waals surface area contributed by atoms with Gasteiger partial charge >= 0.3 is 0 Å². The van der Waals surface area contributed by atoms with Crippen molar-refractivity contribution in [2.45, 2.75) is 19.8 Å². The molecule has 1 aliphatic heterocycles. The summed E-state index contributed by atoms with van der Waals surface area (Å²) in [5.41, 5.74) is 6.48. The number of rotatable bonds is 3. The molecular weight excluding hydrogens is 260 g/mol.